The molecule has 0 spiro atoms. The van der Waals surface area contributed by atoms with E-state index in [2.05, 4.69) is 41.6 Å². The molecule has 1 aromatic carbocycles. The van der Waals surface area contributed by atoms with E-state index in [-0.39, 0.29) is 35.5 Å². The third-order valence-corrected chi connectivity index (χ3v) is 6.01. The molecule has 0 saturated carbocycles. The first-order chi connectivity index (χ1) is 15.3. The molecular weight excluding hydrogens is 531 g/mol. The van der Waals surface area contributed by atoms with Crippen LogP contribution in [0.5, 0.6) is 5.75 Å². The minimum Gasteiger partial charge on any atom is -0.497 e. The summed E-state index contributed by atoms with van der Waals surface area (Å²) in [6, 6.07) is 8.00. The Bertz CT molecular complexity index is 891. The van der Waals surface area contributed by atoms with Gasteiger partial charge in [0.25, 0.3) is 0 Å². The highest BCUT2D eigenvalue weighted by Crippen LogP contribution is 2.33. The quantitative estimate of drug-likeness (QED) is 0.299. The first-order valence-corrected chi connectivity index (χ1v) is 11.4. The molecule has 1 aliphatic heterocycles. The molecule has 9 heteroatoms. The van der Waals surface area contributed by atoms with Crippen LogP contribution < -0.4 is 15.4 Å². The standard InChI is InChI=1S/C24H38N6O2.HI/c1-17-28-29-21(30(17)5)16-27-23(25-14-18-9-11-20(31-6)12-10-18)26-15-19-8-7-13-32-22(19)24(2,3)4;/h9-12,19,22H,7-8,13-16H2,1-6H3,(H2,25,26,27);1H. The number of guanidine groups is 1. The van der Waals surface area contributed by atoms with E-state index in [4.69, 9.17) is 14.5 Å². The second kappa shape index (κ2) is 12.5. The van der Waals surface area contributed by atoms with Crippen molar-refractivity contribution in [2.75, 3.05) is 20.3 Å². The Labute approximate surface area is 215 Å². The summed E-state index contributed by atoms with van der Waals surface area (Å²) < 4.78 is 13.4. The molecule has 1 saturated heterocycles. The lowest BCUT2D eigenvalue weighted by Crippen LogP contribution is -2.47. The number of halogens is 1. The molecule has 184 valence electrons. The summed E-state index contributed by atoms with van der Waals surface area (Å²) in [6.45, 7) is 11.5. The van der Waals surface area contributed by atoms with Crippen molar-refractivity contribution in [2.45, 2.75) is 59.7 Å². The molecule has 2 heterocycles. The molecule has 2 N–H and O–H groups in total. The molecule has 0 amide bonds. The zero-order valence-corrected chi connectivity index (χ0v) is 23.1. The molecule has 33 heavy (non-hydrogen) atoms. The third-order valence-electron chi connectivity index (χ3n) is 6.01. The smallest absolute Gasteiger partial charge is 0.191 e. The number of ether oxygens (including phenoxy) is 2. The van der Waals surface area contributed by atoms with Crippen LogP contribution in [0.1, 0.15) is 50.8 Å². The van der Waals surface area contributed by atoms with Crippen molar-refractivity contribution < 1.29 is 9.47 Å². The molecule has 2 aromatic rings. The maximum Gasteiger partial charge on any atom is 0.191 e. The number of nitrogens with one attached hydrogen (secondary N) is 2. The number of hydrogen-bond acceptors (Lipinski definition) is 5. The van der Waals surface area contributed by atoms with E-state index in [1.54, 1.807) is 7.11 Å². The first-order valence-electron chi connectivity index (χ1n) is 11.4. The lowest BCUT2D eigenvalue weighted by molar-refractivity contribution is -0.0835. The number of aliphatic imine (C=N–C) groups is 1. The number of nitrogens with zero attached hydrogens (tertiary/aromatic N) is 4. The summed E-state index contributed by atoms with van der Waals surface area (Å²) >= 11 is 0. The molecule has 2 atom stereocenters. The molecule has 0 aliphatic carbocycles. The summed E-state index contributed by atoms with van der Waals surface area (Å²) in [5.41, 5.74) is 1.23. The fourth-order valence-corrected chi connectivity index (χ4v) is 4.08. The highest BCUT2D eigenvalue weighted by molar-refractivity contribution is 14.0. The van der Waals surface area contributed by atoms with Crippen LogP contribution in [0.2, 0.25) is 0 Å². The highest BCUT2D eigenvalue weighted by Gasteiger charge is 2.35. The van der Waals surface area contributed by atoms with Gasteiger partial charge in [-0.3, -0.25) is 0 Å². The zero-order chi connectivity index (χ0) is 23.1. The van der Waals surface area contributed by atoms with Crippen LogP contribution in [0.4, 0.5) is 0 Å². The Morgan fingerprint density at radius 2 is 1.94 bits per heavy atom. The van der Waals surface area contributed by atoms with Crippen molar-refractivity contribution in [3.05, 3.63) is 41.5 Å². The van der Waals surface area contributed by atoms with Gasteiger partial charge in [0.1, 0.15) is 11.6 Å². The predicted octanol–water partition coefficient (Wildman–Crippen LogP) is 3.83. The van der Waals surface area contributed by atoms with Crippen LogP contribution in [0.15, 0.2) is 29.3 Å². The van der Waals surface area contributed by atoms with Gasteiger partial charge in [-0.2, -0.15) is 0 Å². The summed E-state index contributed by atoms with van der Waals surface area (Å²) in [5, 5.41) is 15.4. The van der Waals surface area contributed by atoms with Gasteiger partial charge in [-0.25, -0.2) is 4.99 Å². The number of hydrogen-bond donors (Lipinski definition) is 2. The summed E-state index contributed by atoms with van der Waals surface area (Å²) in [7, 11) is 3.65. The molecule has 2 unspecified atom stereocenters. The minimum atomic E-state index is 0. The second-order valence-corrected chi connectivity index (χ2v) is 9.53. The van der Waals surface area contributed by atoms with Gasteiger partial charge in [0.2, 0.25) is 0 Å². The van der Waals surface area contributed by atoms with Crippen LogP contribution in [0, 0.1) is 18.3 Å². The summed E-state index contributed by atoms with van der Waals surface area (Å²) in [4.78, 5) is 4.83. The Balaban J connectivity index is 0.00000385. The maximum atomic E-state index is 6.15. The van der Waals surface area contributed by atoms with Gasteiger partial charge in [0, 0.05) is 26.1 Å². The van der Waals surface area contributed by atoms with Gasteiger partial charge in [-0.15, -0.1) is 34.2 Å². The Kier molecular flexibility index (Phi) is 10.4. The minimum absolute atomic E-state index is 0. The average Bonchev–Trinajstić information content (AvgIpc) is 3.10. The third kappa shape index (κ3) is 7.84. The molecule has 8 nitrogen and oxygen atoms in total. The van der Waals surface area contributed by atoms with Crippen molar-refractivity contribution in [3.63, 3.8) is 0 Å². The normalized spacial score (nSPS) is 19.0. The molecule has 1 fully saturated rings. The van der Waals surface area contributed by atoms with Gasteiger partial charge < -0.3 is 24.7 Å². The van der Waals surface area contributed by atoms with E-state index >= 15 is 0 Å². The number of methoxy groups -OCH3 is 1. The van der Waals surface area contributed by atoms with E-state index in [1.807, 2.05) is 42.8 Å². The Hall–Kier alpha value is -1.88. The average molecular weight is 571 g/mol. The van der Waals surface area contributed by atoms with Crippen LogP contribution in [0.3, 0.4) is 0 Å². The Morgan fingerprint density at radius 1 is 1.21 bits per heavy atom. The summed E-state index contributed by atoms with van der Waals surface area (Å²) in [6.07, 6.45) is 2.49. The fraction of sp³-hybridized carbons (Fsp3) is 0.625. The van der Waals surface area contributed by atoms with Crippen LogP contribution >= 0.6 is 24.0 Å². The maximum absolute atomic E-state index is 6.15. The SMILES string of the molecule is COc1ccc(CN=C(NCc2nnc(C)n2C)NCC2CCCOC2C(C)(C)C)cc1.I. The van der Waals surface area contributed by atoms with Crippen LogP contribution in [-0.2, 0) is 24.9 Å². The van der Waals surface area contributed by atoms with E-state index < -0.39 is 0 Å². The van der Waals surface area contributed by atoms with Crippen molar-refractivity contribution in [1.82, 2.24) is 25.4 Å². The van der Waals surface area contributed by atoms with Crippen molar-refractivity contribution in [3.8, 4) is 5.75 Å². The van der Waals surface area contributed by atoms with E-state index in [1.165, 1.54) is 0 Å². The molecule has 3 rings (SSSR count). The highest BCUT2D eigenvalue weighted by atomic mass is 127. The lowest BCUT2D eigenvalue weighted by atomic mass is 9.78. The predicted molar refractivity (Wildman–Crippen MR) is 142 cm³/mol. The molecule has 1 aliphatic rings. The van der Waals surface area contributed by atoms with Crippen LogP contribution in [-0.4, -0.2) is 47.1 Å². The van der Waals surface area contributed by atoms with Gasteiger partial charge in [0.05, 0.1) is 26.3 Å². The van der Waals surface area contributed by atoms with Gasteiger partial charge >= 0.3 is 0 Å². The molecule has 0 bridgehead atoms. The lowest BCUT2D eigenvalue weighted by Gasteiger charge is -2.40. The number of benzene rings is 1. The Morgan fingerprint density at radius 3 is 2.55 bits per heavy atom. The first kappa shape index (κ1) is 27.4. The second-order valence-electron chi connectivity index (χ2n) is 9.53. The van der Waals surface area contributed by atoms with Crippen molar-refractivity contribution in [2.24, 2.45) is 23.4 Å². The molecular formula is C24H39IN6O2. The number of rotatable bonds is 7. The molecule has 0 radical (unpaired) electrons. The van der Waals surface area contributed by atoms with Crippen molar-refractivity contribution >= 4 is 29.9 Å². The van der Waals surface area contributed by atoms with E-state index in [9.17, 15) is 0 Å². The monoisotopic (exact) mass is 570 g/mol. The molecule has 1 aromatic heterocycles. The van der Waals surface area contributed by atoms with E-state index in [0.717, 1.165) is 54.9 Å². The number of aryl methyl sites for hydroxylation is 1. The van der Waals surface area contributed by atoms with Gasteiger partial charge in [0.15, 0.2) is 11.8 Å². The zero-order valence-electron chi connectivity index (χ0n) is 20.7. The van der Waals surface area contributed by atoms with Gasteiger partial charge in [-0.1, -0.05) is 32.9 Å². The van der Waals surface area contributed by atoms with E-state index in [0.29, 0.717) is 19.0 Å². The summed E-state index contributed by atoms with van der Waals surface area (Å²) in [5.74, 6) is 3.81. The van der Waals surface area contributed by atoms with Gasteiger partial charge in [-0.05, 0) is 42.9 Å². The fourth-order valence-electron chi connectivity index (χ4n) is 4.08. The van der Waals surface area contributed by atoms with Crippen LogP contribution in [0.25, 0.3) is 0 Å². The number of aromatic nitrogens is 3. The van der Waals surface area contributed by atoms with Crippen molar-refractivity contribution in [1.29, 1.82) is 0 Å². The topological polar surface area (TPSA) is 85.6 Å². The largest absolute Gasteiger partial charge is 0.497 e.